The number of carbonyl (C=O) groups is 2. The number of halogens is 1. The predicted molar refractivity (Wildman–Crippen MR) is 98.5 cm³/mol. The highest BCUT2D eigenvalue weighted by Gasteiger charge is 2.54. The van der Waals surface area contributed by atoms with Crippen LogP contribution in [0.25, 0.3) is 0 Å². The predicted octanol–water partition coefficient (Wildman–Crippen LogP) is 1.37. The summed E-state index contributed by atoms with van der Waals surface area (Å²) < 4.78 is 6.34. The van der Waals surface area contributed by atoms with Gasteiger partial charge in [-0.15, -0.1) is 0 Å². The van der Waals surface area contributed by atoms with Crippen LogP contribution < -0.4 is 0 Å². The second-order valence-corrected chi connectivity index (χ2v) is 8.22. The number of fused-ring (bicyclic) bond motifs is 1. The normalized spacial score (nSPS) is 29.3. The lowest BCUT2D eigenvalue weighted by Crippen LogP contribution is -2.73. The SMILES string of the molecule is O=C(C1CCOCC1)N1CC(=O)N2[C@H](C1)[C@H](c1ccc(Br)cc1)[C@@H]2CO. The van der Waals surface area contributed by atoms with Gasteiger partial charge in [0, 0.05) is 36.1 Å². The van der Waals surface area contributed by atoms with Crippen LogP contribution in [0.1, 0.15) is 24.3 Å². The summed E-state index contributed by atoms with van der Waals surface area (Å²) in [5, 5.41) is 9.81. The summed E-state index contributed by atoms with van der Waals surface area (Å²) >= 11 is 3.44. The van der Waals surface area contributed by atoms with Crippen molar-refractivity contribution >= 4 is 27.7 Å². The molecule has 3 aliphatic heterocycles. The van der Waals surface area contributed by atoms with E-state index in [0.29, 0.717) is 19.8 Å². The number of aliphatic hydroxyl groups excluding tert-OH is 1. The first kappa shape index (κ1) is 17.9. The molecule has 0 bridgehead atoms. The van der Waals surface area contributed by atoms with Crippen LogP contribution >= 0.6 is 15.9 Å². The van der Waals surface area contributed by atoms with Gasteiger partial charge < -0.3 is 19.6 Å². The molecule has 6 nitrogen and oxygen atoms in total. The molecular formula is C19H23BrN2O4. The van der Waals surface area contributed by atoms with Gasteiger partial charge in [0.25, 0.3) is 0 Å². The van der Waals surface area contributed by atoms with Crippen molar-refractivity contribution in [2.75, 3.05) is 32.9 Å². The molecule has 3 atom stereocenters. The zero-order valence-electron chi connectivity index (χ0n) is 14.5. The van der Waals surface area contributed by atoms with Crippen LogP contribution in [0.5, 0.6) is 0 Å². The topological polar surface area (TPSA) is 70.1 Å². The lowest BCUT2D eigenvalue weighted by atomic mass is 9.73. The van der Waals surface area contributed by atoms with E-state index >= 15 is 0 Å². The van der Waals surface area contributed by atoms with Crippen molar-refractivity contribution in [2.24, 2.45) is 5.92 Å². The Balaban J connectivity index is 1.53. The van der Waals surface area contributed by atoms with Gasteiger partial charge in [-0.05, 0) is 30.5 Å². The first-order chi connectivity index (χ1) is 12.6. The molecule has 3 aliphatic rings. The summed E-state index contributed by atoms with van der Waals surface area (Å²) in [6.07, 6.45) is 1.46. The van der Waals surface area contributed by atoms with E-state index in [-0.39, 0.29) is 48.9 Å². The van der Waals surface area contributed by atoms with Gasteiger partial charge in [-0.25, -0.2) is 0 Å². The van der Waals surface area contributed by atoms with Gasteiger partial charge >= 0.3 is 0 Å². The van der Waals surface area contributed by atoms with Gasteiger partial charge in [-0.3, -0.25) is 9.59 Å². The fraction of sp³-hybridized carbons (Fsp3) is 0.579. The molecule has 3 fully saturated rings. The van der Waals surface area contributed by atoms with Crippen LogP contribution in [0, 0.1) is 5.92 Å². The number of piperazine rings is 1. The summed E-state index contributed by atoms with van der Waals surface area (Å²) in [6, 6.07) is 7.74. The third-order valence-corrected chi connectivity index (χ3v) is 6.42. The van der Waals surface area contributed by atoms with Crippen LogP contribution in [-0.2, 0) is 14.3 Å². The first-order valence-electron chi connectivity index (χ1n) is 9.14. The number of ether oxygens (including phenoxy) is 1. The second-order valence-electron chi connectivity index (χ2n) is 7.30. The van der Waals surface area contributed by atoms with Gasteiger partial charge in [0.15, 0.2) is 0 Å². The fourth-order valence-electron chi connectivity index (χ4n) is 4.56. The van der Waals surface area contributed by atoms with E-state index in [9.17, 15) is 14.7 Å². The molecule has 0 saturated carbocycles. The highest BCUT2D eigenvalue weighted by molar-refractivity contribution is 9.10. The molecule has 2 amide bonds. The quantitative estimate of drug-likeness (QED) is 0.798. The number of amides is 2. The minimum Gasteiger partial charge on any atom is -0.394 e. The van der Waals surface area contributed by atoms with Crippen molar-refractivity contribution in [1.82, 2.24) is 9.80 Å². The van der Waals surface area contributed by atoms with E-state index in [1.807, 2.05) is 24.3 Å². The van der Waals surface area contributed by atoms with Crippen molar-refractivity contribution in [3.63, 3.8) is 0 Å². The Labute approximate surface area is 161 Å². The highest BCUT2D eigenvalue weighted by atomic mass is 79.9. The molecular weight excluding hydrogens is 400 g/mol. The van der Waals surface area contributed by atoms with Crippen molar-refractivity contribution in [3.05, 3.63) is 34.3 Å². The molecule has 7 heteroatoms. The number of benzene rings is 1. The molecule has 1 N–H and O–H groups in total. The van der Waals surface area contributed by atoms with Crippen molar-refractivity contribution in [2.45, 2.75) is 30.8 Å². The molecule has 1 aromatic carbocycles. The van der Waals surface area contributed by atoms with Crippen LogP contribution in [-0.4, -0.2) is 71.7 Å². The summed E-state index contributed by atoms with van der Waals surface area (Å²) in [6.45, 7) is 1.83. The molecule has 1 aromatic rings. The van der Waals surface area contributed by atoms with Crippen LogP contribution in [0.4, 0.5) is 0 Å². The van der Waals surface area contributed by atoms with E-state index in [4.69, 9.17) is 4.74 Å². The smallest absolute Gasteiger partial charge is 0.242 e. The van der Waals surface area contributed by atoms with E-state index in [2.05, 4.69) is 15.9 Å². The molecule has 0 spiro atoms. The maximum absolute atomic E-state index is 12.9. The molecule has 3 saturated heterocycles. The zero-order valence-corrected chi connectivity index (χ0v) is 16.1. The maximum atomic E-state index is 12.9. The Bertz CT molecular complexity index is 689. The summed E-state index contributed by atoms with van der Waals surface area (Å²) in [7, 11) is 0. The van der Waals surface area contributed by atoms with Crippen molar-refractivity contribution < 1.29 is 19.4 Å². The zero-order chi connectivity index (χ0) is 18.3. The van der Waals surface area contributed by atoms with Crippen molar-refractivity contribution in [3.8, 4) is 0 Å². The minimum atomic E-state index is -0.200. The number of nitrogens with zero attached hydrogens (tertiary/aromatic N) is 2. The molecule has 0 unspecified atom stereocenters. The molecule has 3 heterocycles. The first-order valence-corrected chi connectivity index (χ1v) is 9.93. The number of hydrogen-bond donors (Lipinski definition) is 1. The summed E-state index contributed by atoms with van der Waals surface area (Å²) in [5.74, 6) is 0.0302. The second kappa shape index (κ2) is 7.29. The Morgan fingerprint density at radius 3 is 2.58 bits per heavy atom. The van der Waals surface area contributed by atoms with Crippen LogP contribution in [0.2, 0.25) is 0 Å². The minimum absolute atomic E-state index is 0.0389. The van der Waals surface area contributed by atoms with Gasteiger partial charge in [-0.1, -0.05) is 28.1 Å². The third-order valence-electron chi connectivity index (χ3n) is 5.89. The Kier molecular flexibility index (Phi) is 5.03. The monoisotopic (exact) mass is 422 g/mol. The summed E-state index contributed by atoms with van der Waals surface area (Å²) in [5.41, 5.74) is 1.10. The lowest BCUT2D eigenvalue weighted by molar-refractivity contribution is -0.169. The number of aliphatic hydroxyl groups is 1. The Morgan fingerprint density at radius 2 is 1.92 bits per heavy atom. The molecule has 0 radical (unpaired) electrons. The van der Waals surface area contributed by atoms with E-state index in [1.54, 1.807) is 9.80 Å². The van der Waals surface area contributed by atoms with Crippen LogP contribution in [0.3, 0.4) is 0 Å². The Morgan fingerprint density at radius 1 is 1.23 bits per heavy atom. The maximum Gasteiger partial charge on any atom is 0.242 e. The van der Waals surface area contributed by atoms with E-state index in [1.165, 1.54) is 0 Å². The lowest BCUT2D eigenvalue weighted by Gasteiger charge is -2.59. The van der Waals surface area contributed by atoms with Gasteiger partial charge in [0.1, 0.15) is 0 Å². The average molecular weight is 423 g/mol. The van der Waals surface area contributed by atoms with Gasteiger partial charge in [0.2, 0.25) is 11.8 Å². The molecule has 0 aliphatic carbocycles. The van der Waals surface area contributed by atoms with E-state index in [0.717, 1.165) is 22.9 Å². The molecule has 0 aromatic heterocycles. The van der Waals surface area contributed by atoms with Gasteiger partial charge in [-0.2, -0.15) is 0 Å². The van der Waals surface area contributed by atoms with Crippen molar-refractivity contribution in [1.29, 1.82) is 0 Å². The third kappa shape index (κ3) is 3.06. The molecule has 140 valence electrons. The standard InChI is InChI=1S/C19H23BrN2O4/c20-14-3-1-12(2-4-14)18-15-9-21(10-17(24)22(15)16(18)11-23)19(25)13-5-7-26-8-6-13/h1-4,13,15-16,18,23H,5-11H2/t15-,16+,18+/m1/s1. The summed E-state index contributed by atoms with van der Waals surface area (Å²) in [4.78, 5) is 29.0. The van der Waals surface area contributed by atoms with E-state index < -0.39 is 0 Å². The highest BCUT2D eigenvalue weighted by Crippen LogP contribution is 2.43. The Hall–Kier alpha value is -1.44. The number of rotatable bonds is 3. The molecule has 26 heavy (non-hydrogen) atoms. The van der Waals surface area contributed by atoms with Crippen LogP contribution in [0.15, 0.2) is 28.7 Å². The fourth-order valence-corrected chi connectivity index (χ4v) is 4.82. The number of carbonyl (C=O) groups excluding carboxylic acids is 2. The van der Waals surface area contributed by atoms with Gasteiger partial charge in [0.05, 0.1) is 25.2 Å². The number of hydrogen-bond acceptors (Lipinski definition) is 4. The molecule has 4 rings (SSSR count). The largest absolute Gasteiger partial charge is 0.394 e. The average Bonchev–Trinajstić information content (AvgIpc) is 2.65.